The molecule has 0 spiro atoms. The lowest BCUT2D eigenvalue weighted by Crippen LogP contribution is -2.47. The van der Waals surface area contributed by atoms with Crippen molar-refractivity contribution in [3.05, 3.63) is 0 Å². The largest absolute Gasteiger partial charge is 0.311 e. The monoisotopic (exact) mass is 209 g/mol. The number of nitrogens with one attached hydrogen (secondary N) is 1. The van der Waals surface area contributed by atoms with Crippen LogP contribution >= 0.6 is 0 Å². The fourth-order valence-electron chi connectivity index (χ4n) is 3.36. The van der Waals surface area contributed by atoms with Crippen molar-refractivity contribution in [2.45, 2.75) is 71.4 Å². The molecule has 0 amide bonds. The van der Waals surface area contributed by atoms with Gasteiger partial charge in [-0.25, -0.2) is 0 Å². The Bertz CT molecular complexity index is 194. The number of hydrogen-bond acceptors (Lipinski definition) is 1. The van der Waals surface area contributed by atoms with Gasteiger partial charge in [0.1, 0.15) is 0 Å². The standard InChI is InChI=1S/C14H27N/c1-10(2)12-5-4-6-13(9-12)15-14-7-11(3)8-14/h10-15H,4-9H2,1-3H3. The van der Waals surface area contributed by atoms with Crippen LogP contribution in [-0.2, 0) is 0 Å². The lowest BCUT2D eigenvalue weighted by atomic mass is 9.77. The van der Waals surface area contributed by atoms with Crippen molar-refractivity contribution in [2.75, 3.05) is 0 Å². The van der Waals surface area contributed by atoms with Crippen LogP contribution < -0.4 is 5.32 Å². The van der Waals surface area contributed by atoms with Gasteiger partial charge in [-0.05, 0) is 43.4 Å². The van der Waals surface area contributed by atoms with Crippen LogP contribution in [0.5, 0.6) is 0 Å². The van der Waals surface area contributed by atoms with E-state index in [-0.39, 0.29) is 0 Å². The summed E-state index contributed by atoms with van der Waals surface area (Å²) >= 11 is 0. The van der Waals surface area contributed by atoms with Gasteiger partial charge in [0.15, 0.2) is 0 Å². The fourth-order valence-corrected chi connectivity index (χ4v) is 3.36. The van der Waals surface area contributed by atoms with E-state index < -0.39 is 0 Å². The molecule has 0 aromatic carbocycles. The second kappa shape index (κ2) is 4.86. The molecule has 0 aromatic heterocycles. The van der Waals surface area contributed by atoms with Crippen LogP contribution in [0.4, 0.5) is 0 Å². The molecule has 2 unspecified atom stereocenters. The van der Waals surface area contributed by atoms with Crippen molar-refractivity contribution in [1.29, 1.82) is 0 Å². The first kappa shape index (κ1) is 11.4. The van der Waals surface area contributed by atoms with E-state index >= 15 is 0 Å². The Morgan fingerprint density at radius 2 is 1.73 bits per heavy atom. The Hall–Kier alpha value is -0.0400. The molecule has 0 saturated heterocycles. The average Bonchev–Trinajstić information content (AvgIpc) is 2.16. The minimum absolute atomic E-state index is 0.837. The number of hydrogen-bond donors (Lipinski definition) is 1. The van der Waals surface area contributed by atoms with Crippen LogP contribution in [-0.4, -0.2) is 12.1 Å². The Balaban J connectivity index is 1.73. The molecule has 0 heterocycles. The smallest absolute Gasteiger partial charge is 0.00747 e. The third kappa shape index (κ3) is 2.96. The van der Waals surface area contributed by atoms with E-state index in [1.165, 1.54) is 38.5 Å². The maximum absolute atomic E-state index is 3.87. The van der Waals surface area contributed by atoms with Gasteiger partial charge in [0, 0.05) is 12.1 Å². The molecule has 1 nitrogen and oxygen atoms in total. The van der Waals surface area contributed by atoms with E-state index in [1.807, 2.05) is 0 Å². The summed E-state index contributed by atoms with van der Waals surface area (Å²) in [6.45, 7) is 7.15. The lowest BCUT2D eigenvalue weighted by molar-refractivity contribution is 0.171. The van der Waals surface area contributed by atoms with Crippen LogP contribution in [0.2, 0.25) is 0 Å². The minimum Gasteiger partial charge on any atom is -0.311 e. The Morgan fingerprint density at radius 1 is 1.00 bits per heavy atom. The fraction of sp³-hybridized carbons (Fsp3) is 1.00. The molecular formula is C14H27N. The summed E-state index contributed by atoms with van der Waals surface area (Å²) in [6.07, 6.45) is 8.61. The molecule has 2 rings (SSSR count). The molecule has 15 heavy (non-hydrogen) atoms. The second-order valence-corrected chi connectivity index (χ2v) is 6.31. The van der Waals surface area contributed by atoms with Crippen molar-refractivity contribution in [2.24, 2.45) is 17.8 Å². The van der Waals surface area contributed by atoms with Gasteiger partial charge in [0.2, 0.25) is 0 Å². The van der Waals surface area contributed by atoms with E-state index in [4.69, 9.17) is 0 Å². The predicted molar refractivity (Wildman–Crippen MR) is 65.9 cm³/mol. The van der Waals surface area contributed by atoms with Crippen molar-refractivity contribution in [3.63, 3.8) is 0 Å². The quantitative estimate of drug-likeness (QED) is 0.749. The zero-order chi connectivity index (χ0) is 10.8. The van der Waals surface area contributed by atoms with Crippen LogP contribution in [0.1, 0.15) is 59.3 Å². The van der Waals surface area contributed by atoms with Gasteiger partial charge >= 0.3 is 0 Å². The molecule has 1 N–H and O–H groups in total. The summed E-state index contributed by atoms with van der Waals surface area (Å²) in [7, 11) is 0. The maximum Gasteiger partial charge on any atom is 0.00747 e. The Labute approximate surface area is 95.0 Å². The molecule has 0 radical (unpaired) electrons. The third-order valence-electron chi connectivity index (χ3n) is 4.50. The van der Waals surface area contributed by atoms with E-state index in [2.05, 4.69) is 26.1 Å². The van der Waals surface area contributed by atoms with Crippen LogP contribution in [0.25, 0.3) is 0 Å². The lowest BCUT2D eigenvalue weighted by Gasteiger charge is -2.40. The minimum atomic E-state index is 0.837. The van der Waals surface area contributed by atoms with Crippen LogP contribution in [0.15, 0.2) is 0 Å². The summed E-state index contributed by atoms with van der Waals surface area (Å²) in [5, 5.41) is 3.87. The molecule has 0 bridgehead atoms. The highest BCUT2D eigenvalue weighted by Gasteiger charge is 2.30. The summed E-state index contributed by atoms with van der Waals surface area (Å²) in [5.74, 6) is 2.84. The molecule has 88 valence electrons. The van der Waals surface area contributed by atoms with E-state index in [0.717, 1.165) is 29.8 Å². The van der Waals surface area contributed by atoms with Gasteiger partial charge in [-0.2, -0.15) is 0 Å². The normalized spacial score (nSPS) is 41.6. The first-order valence-corrected chi connectivity index (χ1v) is 6.91. The van der Waals surface area contributed by atoms with Gasteiger partial charge in [0.25, 0.3) is 0 Å². The molecule has 2 saturated carbocycles. The first-order chi connectivity index (χ1) is 7.15. The molecule has 2 fully saturated rings. The first-order valence-electron chi connectivity index (χ1n) is 6.91. The molecule has 2 aliphatic rings. The summed E-state index contributed by atoms with van der Waals surface area (Å²) in [6, 6.07) is 1.69. The SMILES string of the molecule is CC1CC(NC2CCCC(C(C)C)C2)C1. The van der Waals surface area contributed by atoms with Crippen molar-refractivity contribution >= 4 is 0 Å². The average molecular weight is 209 g/mol. The summed E-state index contributed by atoms with van der Waals surface area (Å²) in [4.78, 5) is 0. The molecule has 1 heteroatoms. The van der Waals surface area contributed by atoms with Gasteiger partial charge in [-0.15, -0.1) is 0 Å². The van der Waals surface area contributed by atoms with E-state index in [0.29, 0.717) is 0 Å². The van der Waals surface area contributed by atoms with Crippen molar-refractivity contribution in [1.82, 2.24) is 5.32 Å². The zero-order valence-electron chi connectivity index (χ0n) is 10.6. The second-order valence-electron chi connectivity index (χ2n) is 6.31. The van der Waals surface area contributed by atoms with Gasteiger partial charge < -0.3 is 5.32 Å². The highest BCUT2D eigenvalue weighted by atomic mass is 15.0. The van der Waals surface area contributed by atoms with E-state index in [9.17, 15) is 0 Å². The predicted octanol–water partition coefficient (Wildman–Crippen LogP) is 3.59. The molecule has 2 aliphatic carbocycles. The molecule has 0 aromatic rings. The molecule has 2 atom stereocenters. The molecular weight excluding hydrogens is 182 g/mol. The van der Waals surface area contributed by atoms with Gasteiger partial charge in [0.05, 0.1) is 0 Å². The summed E-state index contributed by atoms with van der Waals surface area (Å²) in [5.41, 5.74) is 0. The maximum atomic E-state index is 3.87. The van der Waals surface area contributed by atoms with Crippen molar-refractivity contribution < 1.29 is 0 Å². The van der Waals surface area contributed by atoms with E-state index in [1.54, 1.807) is 0 Å². The van der Waals surface area contributed by atoms with Gasteiger partial charge in [-0.1, -0.05) is 33.6 Å². The molecule has 0 aliphatic heterocycles. The Morgan fingerprint density at radius 3 is 2.33 bits per heavy atom. The Kier molecular flexibility index (Phi) is 3.71. The topological polar surface area (TPSA) is 12.0 Å². The van der Waals surface area contributed by atoms with Crippen LogP contribution in [0.3, 0.4) is 0 Å². The highest BCUT2D eigenvalue weighted by molar-refractivity contribution is 4.88. The highest BCUT2D eigenvalue weighted by Crippen LogP contribution is 2.32. The van der Waals surface area contributed by atoms with Gasteiger partial charge in [-0.3, -0.25) is 0 Å². The zero-order valence-corrected chi connectivity index (χ0v) is 10.6. The number of rotatable bonds is 3. The summed E-state index contributed by atoms with van der Waals surface area (Å²) < 4.78 is 0. The third-order valence-corrected chi connectivity index (χ3v) is 4.50. The van der Waals surface area contributed by atoms with Crippen LogP contribution in [0, 0.1) is 17.8 Å². The van der Waals surface area contributed by atoms with Crippen molar-refractivity contribution in [3.8, 4) is 0 Å².